The zero-order chi connectivity index (χ0) is 11.5. The lowest BCUT2D eigenvalue weighted by atomic mass is 10.0. The molecule has 0 radical (unpaired) electrons. The third-order valence-corrected chi connectivity index (χ3v) is 3.42. The SMILES string of the molecule is CC(C)c1ccc(Cc2cnc(N)s2)cc1. The van der Waals surface area contributed by atoms with E-state index in [-0.39, 0.29) is 0 Å². The van der Waals surface area contributed by atoms with Crippen LogP contribution in [0.3, 0.4) is 0 Å². The summed E-state index contributed by atoms with van der Waals surface area (Å²) in [5, 5.41) is 0.647. The van der Waals surface area contributed by atoms with Gasteiger partial charge in [-0.25, -0.2) is 4.98 Å². The van der Waals surface area contributed by atoms with E-state index >= 15 is 0 Å². The Morgan fingerprint density at radius 1 is 1.25 bits per heavy atom. The number of benzene rings is 1. The van der Waals surface area contributed by atoms with E-state index in [4.69, 9.17) is 5.73 Å². The number of hydrogen-bond donors (Lipinski definition) is 1. The molecule has 0 aliphatic heterocycles. The third-order valence-electron chi connectivity index (χ3n) is 2.60. The van der Waals surface area contributed by atoms with Gasteiger partial charge in [-0.3, -0.25) is 0 Å². The van der Waals surface area contributed by atoms with Crippen LogP contribution >= 0.6 is 11.3 Å². The summed E-state index contributed by atoms with van der Waals surface area (Å²) in [6.45, 7) is 4.41. The van der Waals surface area contributed by atoms with E-state index in [1.807, 2.05) is 6.20 Å². The number of rotatable bonds is 3. The predicted octanol–water partition coefficient (Wildman–Crippen LogP) is 3.44. The molecule has 0 spiro atoms. The van der Waals surface area contributed by atoms with Crippen molar-refractivity contribution in [3.63, 3.8) is 0 Å². The Kier molecular flexibility index (Phi) is 3.25. The minimum absolute atomic E-state index is 0.591. The molecule has 84 valence electrons. The normalized spacial score (nSPS) is 10.9. The zero-order valence-corrected chi connectivity index (χ0v) is 10.4. The van der Waals surface area contributed by atoms with Crippen LogP contribution in [0.25, 0.3) is 0 Å². The highest BCUT2D eigenvalue weighted by Crippen LogP contribution is 2.20. The highest BCUT2D eigenvalue weighted by atomic mass is 32.1. The maximum atomic E-state index is 5.60. The summed E-state index contributed by atoms with van der Waals surface area (Å²) in [6.07, 6.45) is 2.78. The maximum absolute atomic E-state index is 5.60. The van der Waals surface area contributed by atoms with Crippen LogP contribution in [0.2, 0.25) is 0 Å². The Balaban J connectivity index is 2.11. The Bertz CT molecular complexity index is 457. The lowest BCUT2D eigenvalue weighted by molar-refractivity contribution is 0.865. The van der Waals surface area contributed by atoms with Gasteiger partial charge in [0.15, 0.2) is 5.13 Å². The molecule has 0 aliphatic carbocycles. The van der Waals surface area contributed by atoms with Crippen molar-refractivity contribution in [3.05, 3.63) is 46.5 Å². The topological polar surface area (TPSA) is 38.9 Å². The molecular weight excluding hydrogens is 216 g/mol. The molecule has 3 heteroatoms. The minimum atomic E-state index is 0.591. The molecule has 2 aromatic rings. The van der Waals surface area contributed by atoms with Gasteiger partial charge in [0.1, 0.15) is 0 Å². The first-order valence-corrected chi connectivity index (χ1v) is 6.26. The monoisotopic (exact) mass is 232 g/mol. The van der Waals surface area contributed by atoms with Gasteiger partial charge >= 0.3 is 0 Å². The van der Waals surface area contributed by atoms with Crippen molar-refractivity contribution in [2.24, 2.45) is 0 Å². The van der Waals surface area contributed by atoms with E-state index in [9.17, 15) is 0 Å². The van der Waals surface area contributed by atoms with Crippen LogP contribution < -0.4 is 5.73 Å². The summed E-state index contributed by atoms with van der Waals surface area (Å²) in [5.74, 6) is 0.591. The number of anilines is 1. The summed E-state index contributed by atoms with van der Waals surface area (Å²) in [5.41, 5.74) is 8.30. The summed E-state index contributed by atoms with van der Waals surface area (Å²) in [4.78, 5) is 5.27. The van der Waals surface area contributed by atoms with Crippen LogP contribution in [0.15, 0.2) is 30.5 Å². The smallest absolute Gasteiger partial charge is 0.180 e. The third kappa shape index (κ3) is 2.61. The highest BCUT2D eigenvalue weighted by Gasteiger charge is 2.02. The van der Waals surface area contributed by atoms with Crippen molar-refractivity contribution in [3.8, 4) is 0 Å². The van der Waals surface area contributed by atoms with Gasteiger partial charge in [-0.05, 0) is 17.0 Å². The molecule has 0 atom stereocenters. The molecule has 0 unspecified atom stereocenters. The Morgan fingerprint density at radius 3 is 2.44 bits per heavy atom. The van der Waals surface area contributed by atoms with Gasteiger partial charge in [0, 0.05) is 17.5 Å². The number of nitrogens with zero attached hydrogens (tertiary/aromatic N) is 1. The minimum Gasteiger partial charge on any atom is -0.375 e. The fraction of sp³-hybridized carbons (Fsp3) is 0.308. The van der Waals surface area contributed by atoms with E-state index in [0.29, 0.717) is 11.0 Å². The lowest BCUT2D eigenvalue weighted by Gasteiger charge is -2.05. The molecule has 0 bridgehead atoms. The predicted molar refractivity (Wildman–Crippen MR) is 69.9 cm³/mol. The van der Waals surface area contributed by atoms with Crippen molar-refractivity contribution in [2.75, 3.05) is 5.73 Å². The maximum Gasteiger partial charge on any atom is 0.180 e. The number of nitrogen functional groups attached to an aromatic ring is 1. The van der Waals surface area contributed by atoms with E-state index in [1.165, 1.54) is 16.0 Å². The largest absolute Gasteiger partial charge is 0.375 e. The average molecular weight is 232 g/mol. The Hall–Kier alpha value is -1.35. The molecule has 0 saturated heterocycles. The quantitative estimate of drug-likeness (QED) is 0.880. The van der Waals surface area contributed by atoms with Crippen LogP contribution in [0.5, 0.6) is 0 Å². The Labute approximate surface area is 100 Å². The van der Waals surface area contributed by atoms with Crippen LogP contribution in [0.4, 0.5) is 5.13 Å². The molecule has 0 saturated carbocycles. The van der Waals surface area contributed by atoms with E-state index in [0.717, 1.165) is 6.42 Å². The molecule has 1 aromatic carbocycles. The molecular formula is C13H16N2S. The second-order valence-electron chi connectivity index (χ2n) is 4.24. The summed E-state index contributed by atoms with van der Waals surface area (Å²) >= 11 is 1.56. The first kappa shape index (κ1) is 11.1. The second kappa shape index (κ2) is 4.66. The highest BCUT2D eigenvalue weighted by molar-refractivity contribution is 7.15. The zero-order valence-electron chi connectivity index (χ0n) is 9.60. The first-order valence-electron chi connectivity index (χ1n) is 5.44. The molecule has 1 aromatic heterocycles. The molecule has 0 fully saturated rings. The van der Waals surface area contributed by atoms with Crippen molar-refractivity contribution in [1.29, 1.82) is 0 Å². The first-order chi connectivity index (χ1) is 7.65. The van der Waals surface area contributed by atoms with Gasteiger partial charge in [-0.15, -0.1) is 11.3 Å². The van der Waals surface area contributed by atoms with Crippen LogP contribution in [0, 0.1) is 0 Å². The van der Waals surface area contributed by atoms with Gasteiger partial charge in [-0.2, -0.15) is 0 Å². The summed E-state index contributed by atoms with van der Waals surface area (Å²) < 4.78 is 0. The number of thiazole rings is 1. The average Bonchev–Trinajstić information content (AvgIpc) is 2.65. The van der Waals surface area contributed by atoms with Gasteiger partial charge in [0.05, 0.1) is 0 Å². The van der Waals surface area contributed by atoms with Crippen molar-refractivity contribution < 1.29 is 0 Å². The van der Waals surface area contributed by atoms with Crippen LogP contribution in [-0.4, -0.2) is 4.98 Å². The van der Waals surface area contributed by atoms with Crippen LogP contribution in [0.1, 0.15) is 35.8 Å². The lowest BCUT2D eigenvalue weighted by Crippen LogP contribution is -1.89. The van der Waals surface area contributed by atoms with E-state index in [1.54, 1.807) is 11.3 Å². The summed E-state index contributed by atoms with van der Waals surface area (Å²) in [6, 6.07) is 8.77. The molecule has 2 N–H and O–H groups in total. The molecule has 2 rings (SSSR count). The number of aromatic nitrogens is 1. The molecule has 1 heterocycles. The molecule has 16 heavy (non-hydrogen) atoms. The Morgan fingerprint density at radius 2 is 1.94 bits per heavy atom. The number of hydrogen-bond acceptors (Lipinski definition) is 3. The standard InChI is InChI=1S/C13H16N2S/c1-9(2)11-5-3-10(4-6-11)7-12-8-15-13(14)16-12/h3-6,8-9H,7H2,1-2H3,(H2,14,15). The van der Waals surface area contributed by atoms with E-state index < -0.39 is 0 Å². The fourth-order valence-corrected chi connectivity index (χ4v) is 2.34. The van der Waals surface area contributed by atoms with E-state index in [2.05, 4.69) is 43.1 Å². The molecule has 0 amide bonds. The van der Waals surface area contributed by atoms with Crippen LogP contribution in [-0.2, 0) is 6.42 Å². The molecule has 0 aliphatic rings. The fourth-order valence-electron chi connectivity index (χ4n) is 1.63. The molecule has 2 nitrogen and oxygen atoms in total. The van der Waals surface area contributed by atoms with Gasteiger partial charge in [-0.1, -0.05) is 38.1 Å². The number of nitrogens with two attached hydrogens (primary N) is 1. The van der Waals surface area contributed by atoms with Gasteiger partial charge in [0.25, 0.3) is 0 Å². The second-order valence-corrected chi connectivity index (χ2v) is 5.38. The summed E-state index contributed by atoms with van der Waals surface area (Å²) in [7, 11) is 0. The van der Waals surface area contributed by atoms with Crippen molar-refractivity contribution in [1.82, 2.24) is 4.98 Å². The van der Waals surface area contributed by atoms with Crippen molar-refractivity contribution in [2.45, 2.75) is 26.2 Å². The van der Waals surface area contributed by atoms with Crippen molar-refractivity contribution >= 4 is 16.5 Å². The van der Waals surface area contributed by atoms with Gasteiger partial charge in [0.2, 0.25) is 0 Å². The van der Waals surface area contributed by atoms with Gasteiger partial charge < -0.3 is 5.73 Å².